The van der Waals surface area contributed by atoms with Crippen molar-refractivity contribution in [3.63, 3.8) is 0 Å². The van der Waals surface area contributed by atoms with E-state index < -0.39 is 5.91 Å². The molecule has 0 radical (unpaired) electrons. The average Bonchev–Trinajstić information content (AvgIpc) is 2.98. The van der Waals surface area contributed by atoms with Crippen molar-refractivity contribution in [2.24, 2.45) is 5.92 Å². The number of nitrogens with zero attached hydrogens (tertiary/aromatic N) is 1. The zero-order chi connectivity index (χ0) is 20.4. The number of hydrogen-bond donors (Lipinski definition) is 2. The maximum Gasteiger partial charge on any atom is 0.261 e. The number of rotatable bonds is 5. The number of imide groups is 1. The molecule has 0 aromatic heterocycles. The van der Waals surface area contributed by atoms with Crippen molar-refractivity contribution in [2.45, 2.75) is 19.3 Å². The third-order valence-electron chi connectivity index (χ3n) is 5.49. The molecule has 0 atom stereocenters. The average molecular weight is 394 g/mol. The quantitative estimate of drug-likeness (QED) is 0.600. The second-order valence-corrected chi connectivity index (χ2v) is 7.34. The van der Waals surface area contributed by atoms with Crippen LogP contribution >= 0.6 is 0 Å². The predicted octanol–water partition coefficient (Wildman–Crippen LogP) is 3.06. The standard InChI is InChI=1S/C22H22N2O5/c25-19-4-2-1-3-18(19)23-20(26)15-5-6-16-17(13-15)22(28)24(21(16)27)10-7-14-8-11-29-12-9-14/h1-6,13-14,25H,7-12H2,(H,23,26). The Bertz CT molecular complexity index is 965. The number of para-hydroxylation sites is 2. The van der Waals surface area contributed by atoms with E-state index >= 15 is 0 Å². The first-order chi connectivity index (χ1) is 14.0. The number of carbonyl (C=O) groups is 3. The number of nitrogens with one attached hydrogen (secondary N) is 1. The second-order valence-electron chi connectivity index (χ2n) is 7.34. The molecular weight excluding hydrogens is 372 g/mol. The van der Waals surface area contributed by atoms with E-state index in [1.54, 1.807) is 18.2 Å². The molecular formula is C22H22N2O5. The molecule has 0 bridgehead atoms. The molecule has 7 heteroatoms. The van der Waals surface area contributed by atoms with Crippen molar-refractivity contribution in [1.82, 2.24) is 4.90 Å². The Hall–Kier alpha value is -3.19. The number of ether oxygens (including phenoxy) is 1. The molecule has 7 nitrogen and oxygen atoms in total. The number of hydrogen-bond acceptors (Lipinski definition) is 5. The van der Waals surface area contributed by atoms with Gasteiger partial charge in [-0.1, -0.05) is 12.1 Å². The molecule has 0 spiro atoms. The van der Waals surface area contributed by atoms with Gasteiger partial charge < -0.3 is 15.2 Å². The molecule has 1 fully saturated rings. The summed E-state index contributed by atoms with van der Waals surface area (Å²) in [6, 6.07) is 10.9. The predicted molar refractivity (Wildman–Crippen MR) is 106 cm³/mol. The van der Waals surface area contributed by atoms with Crippen LogP contribution in [0.25, 0.3) is 0 Å². The van der Waals surface area contributed by atoms with E-state index in [0.717, 1.165) is 32.5 Å². The van der Waals surface area contributed by atoms with Gasteiger partial charge in [-0.25, -0.2) is 0 Å². The van der Waals surface area contributed by atoms with Gasteiger partial charge in [-0.2, -0.15) is 0 Å². The van der Waals surface area contributed by atoms with Gasteiger partial charge in [-0.05, 0) is 55.5 Å². The van der Waals surface area contributed by atoms with Crippen LogP contribution in [0.2, 0.25) is 0 Å². The van der Waals surface area contributed by atoms with Crippen LogP contribution in [-0.4, -0.2) is 47.5 Å². The number of phenolic OH excluding ortho intramolecular Hbond substituents is 1. The van der Waals surface area contributed by atoms with Gasteiger partial charge in [0.25, 0.3) is 17.7 Å². The lowest BCUT2D eigenvalue weighted by Crippen LogP contribution is -2.32. The smallest absolute Gasteiger partial charge is 0.261 e. The van der Waals surface area contributed by atoms with Crippen LogP contribution in [0, 0.1) is 5.92 Å². The van der Waals surface area contributed by atoms with E-state index in [1.807, 2.05) is 0 Å². The fourth-order valence-corrected chi connectivity index (χ4v) is 3.76. The van der Waals surface area contributed by atoms with E-state index in [0.29, 0.717) is 18.0 Å². The first-order valence-electron chi connectivity index (χ1n) is 9.72. The molecule has 2 aliphatic rings. The molecule has 0 unspecified atom stereocenters. The lowest BCUT2D eigenvalue weighted by atomic mass is 9.96. The maximum atomic E-state index is 12.8. The van der Waals surface area contributed by atoms with Gasteiger partial charge in [0.05, 0.1) is 16.8 Å². The highest BCUT2D eigenvalue weighted by molar-refractivity contribution is 6.22. The van der Waals surface area contributed by atoms with E-state index in [-0.39, 0.29) is 34.4 Å². The highest BCUT2D eigenvalue weighted by Gasteiger charge is 2.36. The minimum absolute atomic E-state index is 0.0486. The van der Waals surface area contributed by atoms with Crippen molar-refractivity contribution in [3.05, 3.63) is 59.2 Å². The Morgan fingerprint density at radius 2 is 1.79 bits per heavy atom. The minimum Gasteiger partial charge on any atom is -0.506 e. The van der Waals surface area contributed by atoms with E-state index in [1.165, 1.54) is 29.2 Å². The fourth-order valence-electron chi connectivity index (χ4n) is 3.76. The van der Waals surface area contributed by atoms with Gasteiger partial charge >= 0.3 is 0 Å². The van der Waals surface area contributed by atoms with Crippen LogP contribution in [0.5, 0.6) is 5.75 Å². The molecule has 4 rings (SSSR count). The summed E-state index contributed by atoms with van der Waals surface area (Å²) in [6.45, 7) is 1.82. The second kappa shape index (κ2) is 8.05. The third-order valence-corrected chi connectivity index (χ3v) is 5.49. The number of fused-ring (bicyclic) bond motifs is 1. The number of amides is 3. The Balaban J connectivity index is 1.47. The topological polar surface area (TPSA) is 95.9 Å². The Labute approximate surface area is 168 Å². The molecule has 0 aliphatic carbocycles. The lowest BCUT2D eigenvalue weighted by molar-refractivity contribution is 0.0536. The van der Waals surface area contributed by atoms with Crippen LogP contribution in [0.3, 0.4) is 0 Å². The number of carbonyl (C=O) groups excluding carboxylic acids is 3. The first-order valence-corrected chi connectivity index (χ1v) is 9.72. The normalized spacial score (nSPS) is 16.8. The number of aromatic hydroxyl groups is 1. The number of benzene rings is 2. The lowest BCUT2D eigenvalue weighted by Gasteiger charge is -2.23. The summed E-state index contributed by atoms with van der Waals surface area (Å²) >= 11 is 0. The Morgan fingerprint density at radius 1 is 1.07 bits per heavy atom. The largest absolute Gasteiger partial charge is 0.506 e. The number of phenols is 1. The van der Waals surface area contributed by atoms with E-state index in [9.17, 15) is 19.5 Å². The van der Waals surface area contributed by atoms with Crippen molar-refractivity contribution in [3.8, 4) is 5.75 Å². The van der Waals surface area contributed by atoms with Crippen molar-refractivity contribution < 1.29 is 24.2 Å². The first kappa shape index (κ1) is 19.1. The molecule has 3 amide bonds. The summed E-state index contributed by atoms with van der Waals surface area (Å²) in [5.74, 6) is -0.741. The molecule has 2 aromatic rings. The summed E-state index contributed by atoms with van der Waals surface area (Å²) in [5.41, 5.74) is 1.09. The molecule has 2 heterocycles. The van der Waals surface area contributed by atoms with Crippen LogP contribution in [-0.2, 0) is 4.74 Å². The fraction of sp³-hybridized carbons (Fsp3) is 0.318. The van der Waals surface area contributed by atoms with Crippen molar-refractivity contribution in [2.75, 3.05) is 25.1 Å². The molecule has 150 valence electrons. The Kier molecular flexibility index (Phi) is 5.31. The van der Waals surface area contributed by atoms with Gasteiger partial charge in [0.2, 0.25) is 0 Å². The third kappa shape index (κ3) is 3.86. The molecule has 29 heavy (non-hydrogen) atoms. The Morgan fingerprint density at radius 3 is 2.55 bits per heavy atom. The SMILES string of the molecule is O=C(Nc1ccccc1O)c1ccc2c(c1)C(=O)N(CCC1CCOCC1)C2=O. The highest BCUT2D eigenvalue weighted by atomic mass is 16.5. The van der Waals surface area contributed by atoms with Crippen LogP contribution in [0.15, 0.2) is 42.5 Å². The van der Waals surface area contributed by atoms with Gasteiger partial charge in [0.1, 0.15) is 5.75 Å². The molecule has 2 aromatic carbocycles. The van der Waals surface area contributed by atoms with Gasteiger partial charge in [0.15, 0.2) is 0 Å². The van der Waals surface area contributed by atoms with Gasteiger partial charge in [0, 0.05) is 25.3 Å². The van der Waals surface area contributed by atoms with Crippen LogP contribution in [0.4, 0.5) is 5.69 Å². The molecule has 2 N–H and O–H groups in total. The molecule has 2 aliphatic heterocycles. The summed E-state index contributed by atoms with van der Waals surface area (Å²) in [4.78, 5) is 39.2. The van der Waals surface area contributed by atoms with Crippen molar-refractivity contribution >= 4 is 23.4 Å². The highest BCUT2D eigenvalue weighted by Crippen LogP contribution is 2.27. The number of anilines is 1. The maximum absolute atomic E-state index is 12.8. The zero-order valence-electron chi connectivity index (χ0n) is 15.9. The molecule has 0 saturated carbocycles. The molecule has 1 saturated heterocycles. The van der Waals surface area contributed by atoms with Crippen LogP contribution < -0.4 is 5.32 Å². The van der Waals surface area contributed by atoms with E-state index in [2.05, 4.69) is 5.32 Å². The van der Waals surface area contributed by atoms with Crippen molar-refractivity contribution in [1.29, 1.82) is 0 Å². The monoisotopic (exact) mass is 394 g/mol. The van der Waals surface area contributed by atoms with E-state index in [4.69, 9.17) is 4.74 Å². The van der Waals surface area contributed by atoms with Gasteiger partial charge in [-0.3, -0.25) is 19.3 Å². The van der Waals surface area contributed by atoms with Crippen LogP contribution in [0.1, 0.15) is 50.3 Å². The zero-order valence-corrected chi connectivity index (χ0v) is 15.9. The van der Waals surface area contributed by atoms with Gasteiger partial charge in [-0.15, -0.1) is 0 Å². The minimum atomic E-state index is -0.463. The summed E-state index contributed by atoms with van der Waals surface area (Å²) in [6.07, 6.45) is 2.65. The summed E-state index contributed by atoms with van der Waals surface area (Å²) < 4.78 is 5.35. The summed E-state index contributed by atoms with van der Waals surface area (Å²) in [7, 11) is 0. The summed E-state index contributed by atoms with van der Waals surface area (Å²) in [5, 5.41) is 12.4.